The van der Waals surface area contributed by atoms with E-state index in [1.165, 1.54) is 12.1 Å². The molecule has 1 saturated heterocycles. The Morgan fingerprint density at radius 2 is 2.10 bits per heavy atom. The minimum Gasteiger partial charge on any atom is -0.478 e. The lowest BCUT2D eigenvalue weighted by Gasteiger charge is -2.24. The SMILES string of the molecule is CC1(O)CCCN(c2ccc(C(=O)O)cc2[N+](=O)[O-])CC1. The van der Waals surface area contributed by atoms with Gasteiger partial charge in [-0.15, -0.1) is 0 Å². The first-order valence-corrected chi connectivity index (χ1v) is 6.79. The molecule has 1 aliphatic heterocycles. The number of rotatable bonds is 3. The lowest BCUT2D eigenvalue weighted by atomic mass is 9.98. The van der Waals surface area contributed by atoms with E-state index >= 15 is 0 Å². The zero-order chi connectivity index (χ0) is 15.6. The van der Waals surface area contributed by atoms with E-state index in [0.717, 1.165) is 12.5 Å². The third kappa shape index (κ3) is 3.49. The first-order chi connectivity index (χ1) is 9.80. The van der Waals surface area contributed by atoms with Crippen molar-refractivity contribution in [3.63, 3.8) is 0 Å². The molecule has 7 heteroatoms. The predicted octanol–water partition coefficient (Wildman–Crippen LogP) is 2.03. The summed E-state index contributed by atoms with van der Waals surface area (Å²) in [6.07, 6.45) is 1.89. The first kappa shape index (κ1) is 15.2. The van der Waals surface area contributed by atoms with Gasteiger partial charge in [0.15, 0.2) is 0 Å². The highest BCUT2D eigenvalue weighted by Crippen LogP contribution is 2.32. The largest absolute Gasteiger partial charge is 0.478 e. The molecule has 1 aromatic carbocycles. The van der Waals surface area contributed by atoms with E-state index in [1.54, 1.807) is 6.92 Å². The highest BCUT2D eigenvalue weighted by Gasteiger charge is 2.28. The van der Waals surface area contributed by atoms with Crippen LogP contribution >= 0.6 is 0 Å². The van der Waals surface area contributed by atoms with Crippen LogP contribution in [0.3, 0.4) is 0 Å². The summed E-state index contributed by atoms with van der Waals surface area (Å²) in [6.45, 7) is 2.86. The van der Waals surface area contributed by atoms with Crippen LogP contribution in [0, 0.1) is 10.1 Å². The number of carboxylic acid groups (broad SMARTS) is 1. The zero-order valence-corrected chi connectivity index (χ0v) is 11.8. The molecular formula is C14H18N2O5. The molecule has 0 spiro atoms. The van der Waals surface area contributed by atoms with Gasteiger partial charge in [0.1, 0.15) is 5.69 Å². The second kappa shape index (κ2) is 5.69. The van der Waals surface area contributed by atoms with Crippen LogP contribution in [0.15, 0.2) is 18.2 Å². The van der Waals surface area contributed by atoms with Gasteiger partial charge in [-0.2, -0.15) is 0 Å². The number of hydrogen-bond acceptors (Lipinski definition) is 5. The van der Waals surface area contributed by atoms with E-state index < -0.39 is 16.5 Å². The van der Waals surface area contributed by atoms with Gasteiger partial charge in [-0.1, -0.05) is 0 Å². The highest BCUT2D eigenvalue weighted by atomic mass is 16.6. The van der Waals surface area contributed by atoms with Crippen LogP contribution in [0.5, 0.6) is 0 Å². The Bertz CT molecular complexity index is 570. The number of nitro groups is 1. The topological polar surface area (TPSA) is 104 Å². The smallest absolute Gasteiger partial charge is 0.335 e. The molecule has 0 aromatic heterocycles. The van der Waals surface area contributed by atoms with Gasteiger partial charge in [-0.25, -0.2) is 4.79 Å². The fraction of sp³-hybridized carbons (Fsp3) is 0.500. The van der Waals surface area contributed by atoms with Gasteiger partial charge < -0.3 is 15.1 Å². The van der Waals surface area contributed by atoms with Crippen molar-refractivity contribution >= 4 is 17.3 Å². The molecule has 1 aliphatic rings. The van der Waals surface area contributed by atoms with E-state index in [4.69, 9.17) is 5.11 Å². The van der Waals surface area contributed by atoms with Crippen LogP contribution in [-0.4, -0.2) is 39.8 Å². The number of nitrogens with zero attached hydrogens (tertiary/aromatic N) is 2. The quantitative estimate of drug-likeness (QED) is 0.653. The maximum absolute atomic E-state index is 11.2. The second-order valence-electron chi connectivity index (χ2n) is 5.60. The third-order valence-corrected chi connectivity index (χ3v) is 3.82. The van der Waals surface area contributed by atoms with E-state index in [9.17, 15) is 20.0 Å². The Balaban J connectivity index is 2.34. The summed E-state index contributed by atoms with van der Waals surface area (Å²) in [7, 11) is 0. The molecule has 1 atom stereocenters. The van der Waals surface area contributed by atoms with Crippen molar-refractivity contribution in [2.75, 3.05) is 18.0 Å². The monoisotopic (exact) mass is 294 g/mol. The average Bonchev–Trinajstić information content (AvgIpc) is 2.59. The van der Waals surface area contributed by atoms with Gasteiger partial charge in [0, 0.05) is 19.2 Å². The fourth-order valence-corrected chi connectivity index (χ4v) is 2.57. The van der Waals surface area contributed by atoms with Gasteiger partial charge in [-0.3, -0.25) is 10.1 Å². The van der Waals surface area contributed by atoms with Crippen molar-refractivity contribution in [1.82, 2.24) is 0 Å². The van der Waals surface area contributed by atoms with E-state index in [1.807, 2.05) is 4.90 Å². The molecule has 1 aromatic rings. The Labute approximate surface area is 122 Å². The van der Waals surface area contributed by atoms with Crippen LogP contribution in [0.25, 0.3) is 0 Å². The van der Waals surface area contributed by atoms with Crippen molar-refractivity contribution in [3.8, 4) is 0 Å². The van der Waals surface area contributed by atoms with Crippen molar-refractivity contribution in [2.45, 2.75) is 31.8 Å². The molecule has 0 amide bonds. The van der Waals surface area contributed by atoms with Crippen LogP contribution in [0.4, 0.5) is 11.4 Å². The van der Waals surface area contributed by atoms with Crippen molar-refractivity contribution in [3.05, 3.63) is 33.9 Å². The lowest BCUT2D eigenvalue weighted by Crippen LogP contribution is -2.28. The highest BCUT2D eigenvalue weighted by molar-refractivity contribution is 5.89. The lowest BCUT2D eigenvalue weighted by molar-refractivity contribution is -0.384. The molecular weight excluding hydrogens is 276 g/mol. The summed E-state index contributed by atoms with van der Waals surface area (Å²) in [5, 5.41) is 30.2. The Kier molecular flexibility index (Phi) is 4.13. The number of carboxylic acids is 1. The van der Waals surface area contributed by atoms with Gasteiger partial charge in [0.05, 0.1) is 16.1 Å². The third-order valence-electron chi connectivity index (χ3n) is 3.82. The van der Waals surface area contributed by atoms with E-state index in [2.05, 4.69) is 0 Å². The minimum absolute atomic E-state index is 0.104. The molecule has 0 bridgehead atoms. The normalized spacial score (nSPS) is 22.7. The fourth-order valence-electron chi connectivity index (χ4n) is 2.57. The molecule has 1 heterocycles. The van der Waals surface area contributed by atoms with Gasteiger partial charge >= 0.3 is 5.97 Å². The minimum atomic E-state index is -1.19. The molecule has 0 radical (unpaired) electrons. The van der Waals surface area contributed by atoms with Gasteiger partial charge in [0.25, 0.3) is 5.69 Å². The summed E-state index contributed by atoms with van der Waals surface area (Å²) in [6, 6.07) is 3.93. The Morgan fingerprint density at radius 3 is 2.71 bits per heavy atom. The van der Waals surface area contributed by atoms with Gasteiger partial charge in [-0.05, 0) is 38.3 Å². The number of nitro benzene ring substituents is 1. The molecule has 0 saturated carbocycles. The summed E-state index contributed by atoms with van der Waals surface area (Å²) in [5.41, 5.74) is -0.670. The van der Waals surface area contributed by atoms with E-state index in [-0.39, 0.29) is 11.3 Å². The van der Waals surface area contributed by atoms with Crippen LogP contribution < -0.4 is 4.90 Å². The van der Waals surface area contributed by atoms with E-state index in [0.29, 0.717) is 31.6 Å². The van der Waals surface area contributed by atoms with Crippen molar-refractivity contribution in [1.29, 1.82) is 0 Å². The number of hydrogen-bond donors (Lipinski definition) is 2. The number of aliphatic hydroxyl groups is 1. The number of carbonyl (C=O) groups is 1. The molecule has 114 valence electrons. The summed E-state index contributed by atoms with van der Waals surface area (Å²) >= 11 is 0. The molecule has 0 aliphatic carbocycles. The summed E-state index contributed by atoms with van der Waals surface area (Å²) < 4.78 is 0. The van der Waals surface area contributed by atoms with Crippen molar-refractivity contribution in [2.24, 2.45) is 0 Å². The standard InChI is InChI=1S/C14H18N2O5/c1-14(19)5-2-7-15(8-6-14)11-4-3-10(13(17)18)9-12(11)16(20)21/h3-4,9,19H,2,5-8H2,1H3,(H,17,18). The molecule has 1 fully saturated rings. The maximum Gasteiger partial charge on any atom is 0.335 e. The molecule has 1 unspecified atom stereocenters. The zero-order valence-electron chi connectivity index (χ0n) is 11.8. The van der Waals surface area contributed by atoms with Crippen LogP contribution in [-0.2, 0) is 0 Å². The summed E-state index contributed by atoms with van der Waals surface area (Å²) in [4.78, 5) is 23.4. The Morgan fingerprint density at radius 1 is 1.38 bits per heavy atom. The molecule has 21 heavy (non-hydrogen) atoms. The first-order valence-electron chi connectivity index (χ1n) is 6.79. The van der Waals surface area contributed by atoms with Crippen LogP contribution in [0.1, 0.15) is 36.5 Å². The molecule has 2 N–H and O–H groups in total. The summed E-state index contributed by atoms with van der Waals surface area (Å²) in [5.74, 6) is -1.19. The van der Waals surface area contributed by atoms with Gasteiger partial charge in [0.2, 0.25) is 0 Å². The molecule has 2 rings (SSSR count). The number of benzene rings is 1. The number of anilines is 1. The Hall–Kier alpha value is -2.15. The second-order valence-corrected chi connectivity index (χ2v) is 5.60. The maximum atomic E-state index is 11.2. The number of aromatic carboxylic acids is 1. The predicted molar refractivity (Wildman–Crippen MR) is 76.7 cm³/mol. The van der Waals surface area contributed by atoms with Crippen molar-refractivity contribution < 1.29 is 19.9 Å². The molecule has 7 nitrogen and oxygen atoms in total. The van der Waals surface area contributed by atoms with Crippen LogP contribution in [0.2, 0.25) is 0 Å². The average molecular weight is 294 g/mol.